The van der Waals surface area contributed by atoms with Gasteiger partial charge < -0.3 is 24.6 Å². The number of halogens is 7. The van der Waals surface area contributed by atoms with Crippen molar-refractivity contribution in [3.8, 4) is 11.5 Å². The van der Waals surface area contributed by atoms with E-state index in [4.69, 9.17) is 4.74 Å². The summed E-state index contributed by atoms with van der Waals surface area (Å²) < 4.78 is 103. The molecule has 1 aromatic rings. The fourth-order valence-corrected chi connectivity index (χ4v) is 3.36. The van der Waals surface area contributed by atoms with Crippen LogP contribution in [0.15, 0.2) is 30.4 Å². The summed E-state index contributed by atoms with van der Waals surface area (Å²) in [7, 11) is 0. The van der Waals surface area contributed by atoms with Crippen LogP contribution in [-0.4, -0.2) is 60.9 Å². The highest BCUT2D eigenvalue weighted by Gasteiger charge is 2.53. The molecule has 2 aliphatic heterocycles. The van der Waals surface area contributed by atoms with E-state index in [1.807, 2.05) is 0 Å². The lowest BCUT2D eigenvalue weighted by Crippen LogP contribution is -2.39. The summed E-state index contributed by atoms with van der Waals surface area (Å²) in [6, 6.07) is 2.54. The van der Waals surface area contributed by atoms with Crippen molar-refractivity contribution in [2.75, 3.05) is 18.5 Å². The van der Waals surface area contributed by atoms with Gasteiger partial charge in [-0.2, -0.15) is 22.0 Å². The molecule has 7 nitrogen and oxygen atoms in total. The van der Waals surface area contributed by atoms with Gasteiger partial charge in [0.05, 0.1) is 18.1 Å². The lowest BCUT2D eigenvalue weighted by molar-refractivity contribution is -0.153. The van der Waals surface area contributed by atoms with E-state index < -0.39 is 79.2 Å². The maximum absolute atomic E-state index is 13.2. The van der Waals surface area contributed by atoms with Gasteiger partial charge in [-0.3, -0.25) is 9.59 Å². The number of carbonyl (C=O) groups excluding carboxylic acids is 1. The first kappa shape index (κ1) is 24.6. The number of hydrogen-bond donors (Lipinski definition) is 2. The van der Waals surface area contributed by atoms with E-state index in [0.717, 1.165) is 18.2 Å². The fourth-order valence-electron chi connectivity index (χ4n) is 3.36. The topological polar surface area (TPSA) is 94.1 Å². The summed E-state index contributed by atoms with van der Waals surface area (Å²) in [5.74, 6) is -10.3. The third-order valence-corrected chi connectivity index (χ3v) is 4.79. The van der Waals surface area contributed by atoms with E-state index >= 15 is 0 Å². The molecule has 2 heterocycles. The molecule has 2 N–H and O–H groups in total. The normalized spacial score (nSPS) is 24.2. The van der Waals surface area contributed by atoms with Crippen LogP contribution in [0.4, 0.5) is 36.4 Å². The van der Waals surface area contributed by atoms with Crippen molar-refractivity contribution in [3.63, 3.8) is 0 Å². The summed E-state index contributed by atoms with van der Waals surface area (Å²) >= 11 is 0. The van der Waals surface area contributed by atoms with Crippen molar-refractivity contribution >= 4 is 17.6 Å². The van der Waals surface area contributed by atoms with Gasteiger partial charge in [0.1, 0.15) is 17.4 Å². The highest BCUT2D eigenvalue weighted by atomic mass is 19.4. The number of hydrogen-bond acceptors (Lipinski definition) is 5. The first-order chi connectivity index (χ1) is 15.3. The molecule has 1 saturated heterocycles. The van der Waals surface area contributed by atoms with Crippen LogP contribution >= 0.6 is 0 Å². The van der Waals surface area contributed by atoms with Crippen LogP contribution < -0.4 is 14.8 Å². The minimum Gasteiger partial charge on any atom is -0.487 e. The summed E-state index contributed by atoms with van der Waals surface area (Å²) in [6.07, 6.45) is -7.56. The van der Waals surface area contributed by atoms with Gasteiger partial charge in [-0.05, 0) is 0 Å². The summed E-state index contributed by atoms with van der Waals surface area (Å²) in [5.41, 5.74) is -0.300. The van der Waals surface area contributed by atoms with Gasteiger partial charge in [-0.25, -0.2) is 8.78 Å². The molecule has 0 spiro atoms. The van der Waals surface area contributed by atoms with Gasteiger partial charge in [0.2, 0.25) is 5.91 Å². The Morgan fingerprint density at radius 3 is 2.03 bits per heavy atom. The minimum absolute atomic E-state index is 0.300. The predicted octanol–water partition coefficient (Wildman–Crippen LogP) is 3.50. The first-order valence-electron chi connectivity index (χ1n) is 9.28. The largest absolute Gasteiger partial charge is 0.487 e. The Hall–Kier alpha value is -3.03. The van der Waals surface area contributed by atoms with Gasteiger partial charge >= 0.3 is 24.5 Å². The number of rotatable bonds is 9. The average molecular weight is 487 g/mol. The smallest absolute Gasteiger partial charge is 0.422 e. The second-order valence-corrected chi connectivity index (χ2v) is 7.28. The van der Waals surface area contributed by atoms with Crippen molar-refractivity contribution < 1.29 is 59.6 Å². The molecular formula is C19H16F7NO6. The average Bonchev–Trinajstić information content (AvgIpc) is 3.32. The first-order valence-corrected chi connectivity index (χ1v) is 9.28. The Morgan fingerprint density at radius 1 is 0.970 bits per heavy atom. The molecule has 0 radical (unpaired) electrons. The van der Waals surface area contributed by atoms with Gasteiger partial charge in [-0.15, -0.1) is 0 Å². The number of alkyl halides is 7. The standard InChI is InChI=1S/C19H16F7NO6/c20-17(21)18(22,23)6-31-9-3-8(4-10(5-9)32-7-19(24,25)26)27-15(28)13-11-1-2-12(33-11)14(13)16(29)30/h1-5,11-14,17H,6-7H2,(H,27,28)(H,29,30)/t11-,12-,13-,14+/m1/s1. The Morgan fingerprint density at radius 2 is 1.52 bits per heavy atom. The predicted molar refractivity (Wildman–Crippen MR) is 95.5 cm³/mol. The molecule has 1 amide bonds. The van der Waals surface area contributed by atoms with Gasteiger partial charge in [-0.1, -0.05) is 12.2 Å². The zero-order chi connectivity index (χ0) is 24.6. The number of nitrogens with one attached hydrogen (secondary N) is 1. The van der Waals surface area contributed by atoms with Crippen LogP contribution in [0.5, 0.6) is 11.5 Å². The van der Waals surface area contributed by atoms with Crippen LogP contribution in [0.1, 0.15) is 0 Å². The Kier molecular flexibility index (Phi) is 6.77. The third-order valence-electron chi connectivity index (χ3n) is 4.79. The number of anilines is 1. The molecule has 2 aliphatic rings. The zero-order valence-electron chi connectivity index (χ0n) is 16.3. The number of amides is 1. The third kappa shape index (κ3) is 5.86. The maximum Gasteiger partial charge on any atom is 0.422 e. The molecule has 4 atom stereocenters. The lowest BCUT2D eigenvalue weighted by atomic mass is 9.82. The Balaban J connectivity index is 1.81. The molecule has 14 heteroatoms. The van der Waals surface area contributed by atoms with Crippen molar-refractivity contribution in [3.05, 3.63) is 30.4 Å². The number of carboxylic acid groups (broad SMARTS) is 1. The van der Waals surface area contributed by atoms with E-state index in [1.165, 1.54) is 12.2 Å². The van der Waals surface area contributed by atoms with Crippen molar-refractivity contribution in [1.29, 1.82) is 0 Å². The minimum atomic E-state index is -4.76. The van der Waals surface area contributed by atoms with Crippen LogP contribution in [0, 0.1) is 11.8 Å². The second-order valence-electron chi connectivity index (χ2n) is 7.28. The molecule has 2 bridgehead atoms. The molecule has 1 aromatic carbocycles. The molecule has 0 aliphatic carbocycles. The van der Waals surface area contributed by atoms with Crippen LogP contribution in [0.3, 0.4) is 0 Å². The van der Waals surface area contributed by atoms with E-state index in [2.05, 4.69) is 14.8 Å². The van der Waals surface area contributed by atoms with E-state index in [-0.39, 0.29) is 5.69 Å². The number of ether oxygens (including phenoxy) is 3. The van der Waals surface area contributed by atoms with E-state index in [0.29, 0.717) is 0 Å². The molecular weight excluding hydrogens is 471 g/mol. The molecule has 1 fully saturated rings. The number of aliphatic carboxylic acids is 1. The molecule has 33 heavy (non-hydrogen) atoms. The van der Waals surface area contributed by atoms with Crippen molar-refractivity contribution in [2.24, 2.45) is 11.8 Å². The summed E-state index contributed by atoms with van der Waals surface area (Å²) in [5, 5.41) is 11.6. The molecule has 182 valence electrons. The molecule has 0 saturated carbocycles. The SMILES string of the molecule is O=C(O)[C@@H]1[C@H](C(=O)Nc2cc(OCC(F)(F)F)cc(OCC(F)(F)C(F)F)c2)[C@H]2C=C[C@H]1O2. The second kappa shape index (κ2) is 9.08. The van der Waals surface area contributed by atoms with Crippen molar-refractivity contribution in [2.45, 2.75) is 30.7 Å². The number of carboxylic acids is 1. The van der Waals surface area contributed by atoms with Gasteiger partial charge in [0, 0.05) is 23.9 Å². The molecule has 3 rings (SSSR count). The van der Waals surface area contributed by atoms with Crippen LogP contribution in [0.25, 0.3) is 0 Å². The Labute approximate surface area is 181 Å². The van der Waals surface area contributed by atoms with Crippen molar-refractivity contribution in [1.82, 2.24) is 0 Å². The quantitative estimate of drug-likeness (QED) is 0.409. The van der Waals surface area contributed by atoms with E-state index in [1.54, 1.807) is 0 Å². The molecule has 0 aromatic heterocycles. The van der Waals surface area contributed by atoms with E-state index in [9.17, 15) is 45.4 Å². The monoisotopic (exact) mass is 487 g/mol. The maximum atomic E-state index is 13.2. The van der Waals surface area contributed by atoms with Gasteiger partial charge in [0.15, 0.2) is 13.2 Å². The highest BCUT2D eigenvalue weighted by Crippen LogP contribution is 2.40. The number of benzene rings is 1. The number of fused-ring (bicyclic) bond motifs is 2. The zero-order valence-corrected chi connectivity index (χ0v) is 16.3. The highest BCUT2D eigenvalue weighted by molar-refractivity contribution is 5.97. The Bertz CT molecular complexity index is 936. The van der Waals surface area contributed by atoms with Gasteiger partial charge in [0.25, 0.3) is 0 Å². The summed E-state index contributed by atoms with van der Waals surface area (Å²) in [4.78, 5) is 24.2. The lowest BCUT2D eigenvalue weighted by Gasteiger charge is -2.22. The fraction of sp³-hybridized carbons (Fsp3) is 0.474. The number of carbonyl (C=O) groups is 2. The van der Waals surface area contributed by atoms with Crippen LogP contribution in [0.2, 0.25) is 0 Å². The van der Waals surface area contributed by atoms with Crippen LogP contribution in [-0.2, 0) is 14.3 Å². The summed E-state index contributed by atoms with van der Waals surface area (Å²) in [6.45, 7) is -3.57. The molecule has 0 unspecified atom stereocenters.